The van der Waals surface area contributed by atoms with Crippen molar-refractivity contribution in [2.75, 3.05) is 0 Å². The van der Waals surface area contributed by atoms with Gasteiger partial charge >= 0.3 is 0 Å². The first kappa shape index (κ1) is 18.6. The lowest BCUT2D eigenvalue weighted by atomic mass is 9.81. The number of allylic oxidation sites excluding steroid dienone is 1. The van der Waals surface area contributed by atoms with Gasteiger partial charge < -0.3 is 5.11 Å². The second-order valence-corrected chi connectivity index (χ2v) is 8.74. The summed E-state index contributed by atoms with van der Waals surface area (Å²) in [5.74, 6) is 1.02. The van der Waals surface area contributed by atoms with E-state index in [9.17, 15) is 5.11 Å². The summed E-state index contributed by atoms with van der Waals surface area (Å²) in [4.78, 5) is 14.2. The molecule has 1 saturated carbocycles. The molecule has 1 aliphatic carbocycles. The van der Waals surface area contributed by atoms with E-state index in [2.05, 4.69) is 41.4 Å². The Kier molecular flexibility index (Phi) is 4.18. The molecule has 3 aliphatic rings. The number of aromatic nitrogens is 1. The number of aliphatic imine (C=N–C) groups is 2. The summed E-state index contributed by atoms with van der Waals surface area (Å²) in [5, 5.41) is 10.9. The average molecular weight is 428 g/mol. The Morgan fingerprint density at radius 3 is 2.58 bits per heavy atom. The fraction of sp³-hybridized carbons (Fsp3) is 0.160. The zero-order valence-electron chi connectivity index (χ0n) is 16.7. The molecule has 5 nitrogen and oxygen atoms in total. The van der Waals surface area contributed by atoms with Crippen molar-refractivity contribution in [2.45, 2.75) is 18.9 Å². The van der Waals surface area contributed by atoms with E-state index in [-0.39, 0.29) is 16.0 Å². The summed E-state index contributed by atoms with van der Waals surface area (Å²) in [7, 11) is 0. The molecule has 1 atom stereocenters. The van der Waals surface area contributed by atoms with Gasteiger partial charge in [0.1, 0.15) is 11.9 Å². The number of aliphatic hydroxyl groups excluding tert-OH is 1. The predicted molar refractivity (Wildman–Crippen MR) is 124 cm³/mol. The molecule has 3 heterocycles. The van der Waals surface area contributed by atoms with Gasteiger partial charge in [-0.05, 0) is 25.0 Å². The molecule has 0 saturated heterocycles. The maximum atomic E-state index is 9.81. The zero-order chi connectivity index (χ0) is 21.0. The van der Waals surface area contributed by atoms with Crippen molar-refractivity contribution in [1.29, 1.82) is 0 Å². The first-order chi connectivity index (χ1) is 15.1. The number of fused-ring (bicyclic) bond motifs is 2. The van der Waals surface area contributed by atoms with E-state index in [4.69, 9.17) is 21.8 Å². The number of quaternary nitrogens is 1. The van der Waals surface area contributed by atoms with Crippen molar-refractivity contribution >= 4 is 40.4 Å². The molecule has 0 amide bonds. The first-order valence-corrected chi connectivity index (χ1v) is 10.7. The van der Waals surface area contributed by atoms with Gasteiger partial charge in [-0.1, -0.05) is 48.5 Å². The van der Waals surface area contributed by atoms with E-state index in [1.165, 1.54) is 0 Å². The summed E-state index contributed by atoms with van der Waals surface area (Å²) in [6.07, 6.45) is 6.45. The van der Waals surface area contributed by atoms with Crippen LogP contribution in [-0.2, 0) is 0 Å². The van der Waals surface area contributed by atoms with E-state index in [0.29, 0.717) is 12.8 Å². The Balaban J connectivity index is 1.46. The fourth-order valence-electron chi connectivity index (χ4n) is 4.47. The lowest BCUT2D eigenvalue weighted by molar-refractivity contribution is -0.605. The van der Waals surface area contributed by atoms with Crippen LogP contribution in [0.1, 0.15) is 18.4 Å². The average Bonchev–Trinajstić information content (AvgIpc) is 3.09. The van der Waals surface area contributed by atoms with Gasteiger partial charge in [-0.3, -0.25) is 4.99 Å². The molecule has 0 radical (unpaired) electrons. The van der Waals surface area contributed by atoms with Crippen LogP contribution in [0.5, 0.6) is 0 Å². The smallest absolute Gasteiger partial charge is 0.235 e. The van der Waals surface area contributed by atoms with Crippen LogP contribution in [0.4, 0.5) is 0 Å². The summed E-state index contributed by atoms with van der Waals surface area (Å²) in [6, 6.07) is 20.5. The quantitative estimate of drug-likeness (QED) is 0.578. The minimum atomic E-state index is -0.271. The number of pyridine rings is 1. The number of amidine groups is 1. The number of halogens is 1. The monoisotopic (exact) mass is 427 g/mol. The van der Waals surface area contributed by atoms with E-state index >= 15 is 0 Å². The van der Waals surface area contributed by atoms with E-state index in [0.717, 1.165) is 45.0 Å². The topological polar surface area (TPSA) is 57.8 Å². The largest absolute Gasteiger partial charge is 0.393 e. The molecule has 2 aliphatic heterocycles. The van der Waals surface area contributed by atoms with Crippen LogP contribution in [0.2, 0.25) is 0 Å². The SMILES string of the molecule is O[C@H]1C[C@@H](C2=NC(c3ccc4ccc(-c5ccccc5)nc4c3)=C3C=NC=C[N+]32Cl)C1. The van der Waals surface area contributed by atoms with Gasteiger partial charge in [0.05, 0.1) is 35.6 Å². The number of aliphatic hydroxyl groups is 1. The molecule has 6 rings (SSSR count). The molecule has 1 aromatic heterocycles. The van der Waals surface area contributed by atoms with Crippen LogP contribution >= 0.6 is 11.8 Å². The van der Waals surface area contributed by atoms with Gasteiger partial charge in [0.15, 0.2) is 11.8 Å². The van der Waals surface area contributed by atoms with Gasteiger partial charge in [-0.25, -0.2) is 4.98 Å². The highest BCUT2D eigenvalue weighted by molar-refractivity contribution is 6.20. The lowest BCUT2D eigenvalue weighted by Gasteiger charge is -2.34. The van der Waals surface area contributed by atoms with Crippen molar-refractivity contribution in [1.82, 2.24) is 4.98 Å². The van der Waals surface area contributed by atoms with Crippen molar-refractivity contribution in [3.8, 4) is 11.3 Å². The zero-order valence-corrected chi connectivity index (χ0v) is 17.4. The van der Waals surface area contributed by atoms with Crippen LogP contribution in [0, 0.1) is 5.92 Å². The molecule has 6 heteroatoms. The van der Waals surface area contributed by atoms with Crippen molar-refractivity contribution in [3.63, 3.8) is 0 Å². The molecule has 1 unspecified atom stereocenters. The van der Waals surface area contributed by atoms with Crippen LogP contribution in [0.25, 0.3) is 27.9 Å². The number of nitrogens with zero attached hydrogens (tertiary/aromatic N) is 4. The highest BCUT2D eigenvalue weighted by Gasteiger charge is 2.51. The molecular formula is C25H20ClN4O+. The third-order valence-electron chi connectivity index (χ3n) is 6.22. The Hall–Kier alpha value is -3.12. The number of hydrogen-bond donors (Lipinski definition) is 1. The summed E-state index contributed by atoms with van der Waals surface area (Å²) >= 11 is 7.04. The molecule has 152 valence electrons. The van der Waals surface area contributed by atoms with Gasteiger partial charge in [0.2, 0.25) is 11.5 Å². The minimum Gasteiger partial charge on any atom is -0.393 e. The number of rotatable bonds is 3. The fourth-order valence-corrected chi connectivity index (χ4v) is 4.82. The van der Waals surface area contributed by atoms with E-state index in [1.807, 2.05) is 30.5 Å². The number of benzene rings is 2. The van der Waals surface area contributed by atoms with Crippen LogP contribution < -0.4 is 0 Å². The van der Waals surface area contributed by atoms with Crippen molar-refractivity contribution < 1.29 is 9.11 Å². The first-order valence-electron chi connectivity index (χ1n) is 10.4. The summed E-state index contributed by atoms with van der Waals surface area (Å²) < 4.78 is 0.00570. The maximum absolute atomic E-state index is 9.81. The van der Waals surface area contributed by atoms with E-state index < -0.39 is 0 Å². The Morgan fingerprint density at radius 1 is 0.968 bits per heavy atom. The van der Waals surface area contributed by atoms with Gasteiger partial charge in [0.25, 0.3) is 0 Å². The number of hydrogen-bond acceptors (Lipinski definition) is 4. The van der Waals surface area contributed by atoms with Gasteiger partial charge in [-0.2, -0.15) is 4.99 Å². The third-order valence-corrected chi connectivity index (χ3v) is 6.69. The molecule has 31 heavy (non-hydrogen) atoms. The standard InChI is InChI=1S/C25H20ClN4O/c26-30-11-10-27-15-23(30)24(29-25(30)19-12-20(31)13-19)18-7-6-17-8-9-21(28-22(17)14-18)16-4-2-1-3-5-16/h1-11,14-15,19-20,31H,12-13H2/q+1/t19-,20+,30?. The molecule has 0 spiro atoms. The molecule has 0 bridgehead atoms. The second kappa shape index (κ2) is 6.95. The molecule has 1 fully saturated rings. The predicted octanol–water partition coefficient (Wildman–Crippen LogP) is 5.28. The minimum absolute atomic E-state index is 0.00570. The van der Waals surface area contributed by atoms with E-state index in [1.54, 1.807) is 12.4 Å². The Morgan fingerprint density at radius 2 is 1.77 bits per heavy atom. The molecule has 2 aromatic carbocycles. The molecule has 3 aromatic rings. The molecule has 1 N–H and O–H groups in total. The lowest BCUT2D eigenvalue weighted by Crippen LogP contribution is -2.46. The maximum Gasteiger partial charge on any atom is 0.235 e. The van der Waals surface area contributed by atoms with Crippen molar-refractivity contribution in [3.05, 3.63) is 84.3 Å². The second-order valence-electron chi connectivity index (χ2n) is 8.21. The van der Waals surface area contributed by atoms with Gasteiger partial charge in [0, 0.05) is 16.5 Å². The summed E-state index contributed by atoms with van der Waals surface area (Å²) in [5.41, 5.74) is 5.53. The van der Waals surface area contributed by atoms with Crippen molar-refractivity contribution in [2.24, 2.45) is 15.9 Å². The Labute approximate surface area is 185 Å². The summed E-state index contributed by atoms with van der Waals surface area (Å²) in [6.45, 7) is 0. The van der Waals surface area contributed by atoms with Crippen LogP contribution in [-0.4, -0.2) is 32.2 Å². The van der Waals surface area contributed by atoms with Crippen LogP contribution in [0.3, 0.4) is 0 Å². The third kappa shape index (κ3) is 2.97. The Bertz CT molecular complexity index is 1320. The normalized spacial score (nSPS) is 26.7. The highest BCUT2D eigenvalue weighted by atomic mass is 35.5. The highest BCUT2D eigenvalue weighted by Crippen LogP contribution is 2.45. The van der Waals surface area contributed by atoms with Crippen LogP contribution in [0.15, 0.2) is 88.7 Å². The molecular weight excluding hydrogens is 408 g/mol. The van der Waals surface area contributed by atoms with Gasteiger partial charge in [-0.15, -0.1) is 4.00 Å².